The molecule has 6 heteroatoms. The normalized spacial score (nSPS) is 30.2. The zero-order valence-corrected chi connectivity index (χ0v) is 19.5. The van der Waals surface area contributed by atoms with Crippen LogP contribution in [-0.2, 0) is 15.0 Å². The minimum absolute atomic E-state index is 0.102. The Balaban J connectivity index is 2.28. The van der Waals surface area contributed by atoms with Crippen LogP contribution in [0.3, 0.4) is 0 Å². The summed E-state index contributed by atoms with van der Waals surface area (Å²) in [6, 6.07) is 2.01. The summed E-state index contributed by atoms with van der Waals surface area (Å²) >= 11 is 13.6. The molecule has 1 aromatic carbocycles. The van der Waals surface area contributed by atoms with Crippen molar-refractivity contribution < 1.29 is 14.7 Å². The second-order valence-electron chi connectivity index (χ2n) is 9.28. The summed E-state index contributed by atoms with van der Waals surface area (Å²) in [6.07, 6.45) is 3.81. The number of aliphatic carboxylic acids is 1. The van der Waals surface area contributed by atoms with E-state index >= 15 is 0 Å². The van der Waals surface area contributed by atoms with E-state index in [0.29, 0.717) is 29.5 Å². The fourth-order valence-electron chi connectivity index (χ4n) is 5.39. The van der Waals surface area contributed by atoms with E-state index in [1.165, 1.54) is 0 Å². The van der Waals surface area contributed by atoms with Gasteiger partial charge in [-0.15, -0.1) is 0 Å². The molecular weight excluding hydrogens is 409 g/mol. The van der Waals surface area contributed by atoms with E-state index < -0.39 is 11.4 Å². The second kappa shape index (κ2) is 8.11. The predicted octanol–water partition coefficient (Wildman–Crippen LogP) is 6.80. The topological polar surface area (TPSA) is 58.9 Å². The molecular formula is C23H31Cl2NO3. The maximum Gasteiger partial charge on any atom is 0.309 e. The number of halogens is 2. The Bertz CT molecular complexity index is 851. The average molecular weight is 440 g/mol. The van der Waals surface area contributed by atoms with Gasteiger partial charge in [0.25, 0.3) is 0 Å². The first kappa shape index (κ1) is 22.4. The van der Waals surface area contributed by atoms with Crippen molar-refractivity contribution >= 4 is 34.9 Å². The van der Waals surface area contributed by atoms with Crippen LogP contribution < -0.4 is 0 Å². The first-order valence-electron chi connectivity index (χ1n) is 10.5. The predicted molar refractivity (Wildman–Crippen MR) is 118 cm³/mol. The van der Waals surface area contributed by atoms with Gasteiger partial charge in [0.15, 0.2) is 0 Å². The molecule has 0 bridgehead atoms. The summed E-state index contributed by atoms with van der Waals surface area (Å²) in [7, 11) is 0. The van der Waals surface area contributed by atoms with Crippen molar-refractivity contribution in [1.29, 1.82) is 0 Å². The van der Waals surface area contributed by atoms with Crippen molar-refractivity contribution in [3.8, 4) is 0 Å². The highest BCUT2D eigenvalue weighted by Gasteiger charge is 2.57. The SMILES string of the molecule is CCCO/N=C1\C[C@H]2[C@](C)(C(=O)O)CCC[C@]2(C)c2cc(Cl)c(C(C)C)c(Cl)c21. The number of hydrogen-bond donors (Lipinski definition) is 1. The van der Waals surface area contributed by atoms with Gasteiger partial charge in [-0.3, -0.25) is 4.79 Å². The molecule has 1 aromatic rings. The lowest BCUT2D eigenvalue weighted by molar-refractivity contribution is -0.156. The molecule has 0 saturated heterocycles. The first-order chi connectivity index (χ1) is 13.6. The Kier molecular flexibility index (Phi) is 6.27. The molecule has 2 aliphatic carbocycles. The molecule has 0 aliphatic heterocycles. The second-order valence-corrected chi connectivity index (χ2v) is 10.1. The number of oxime groups is 1. The van der Waals surface area contributed by atoms with E-state index in [1.54, 1.807) is 0 Å². The summed E-state index contributed by atoms with van der Waals surface area (Å²) in [4.78, 5) is 17.9. The maximum absolute atomic E-state index is 12.3. The number of nitrogens with zero attached hydrogens (tertiary/aromatic N) is 1. The number of carboxylic acid groups (broad SMARTS) is 1. The van der Waals surface area contributed by atoms with Gasteiger partial charge in [0.05, 0.1) is 16.1 Å². The third-order valence-corrected chi connectivity index (χ3v) is 7.73. The lowest BCUT2D eigenvalue weighted by atomic mass is 9.49. The molecule has 0 aromatic heterocycles. The van der Waals surface area contributed by atoms with Gasteiger partial charge in [0, 0.05) is 10.6 Å². The number of rotatable bonds is 5. The molecule has 0 spiro atoms. The minimum Gasteiger partial charge on any atom is -0.481 e. The van der Waals surface area contributed by atoms with Crippen LogP contribution in [0.25, 0.3) is 0 Å². The van der Waals surface area contributed by atoms with E-state index in [0.717, 1.165) is 41.7 Å². The molecule has 0 radical (unpaired) electrons. The first-order valence-corrected chi connectivity index (χ1v) is 11.3. The molecule has 1 N–H and O–H groups in total. The Labute approximate surface area is 183 Å². The van der Waals surface area contributed by atoms with Crippen molar-refractivity contribution in [2.45, 2.75) is 78.1 Å². The van der Waals surface area contributed by atoms with Crippen LogP contribution in [-0.4, -0.2) is 23.4 Å². The summed E-state index contributed by atoms with van der Waals surface area (Å²) in [5.41, 5.74) is 2.41. The summed E-state index contributed by atoms with van der Waals surface area (Å²) < 4.78 is 0. The molecule has 0 amide bonds. The Morgan fingerprint density at radius 2 is 2.03 bits per heavy atom. The Morgan fingerprint density at radius 3 is 2.62 bits per heavy atom. The van der Waals surface area contributed by atoms with Crippen LogP contribution >= 0.6 is 23.2 Å². The fourth-order valence-corrected chi connectivity index (χ4v) is 6.39. The summed E-state index contributed by atoms with van der Waals surface area (Å²) in [6.45, 7) is 10.7. The molecule has 0 unspecified atom stereocenters. The zero-order valence-electron chi connectivity index (χ0n) is 17.9. The molecule has 0 heterocycles. The Morgan fingerprint density at radius 1 is 1.34 bits per heavy atom. The largest absolute Gasteiger partial charge is 0.481 e. The number of carboxylic acids is 1. The van der Waals surface area contributed by atoms with E-state index in [-0.39, 0.29) is 17.3 Å². The molecule has 29 heavy (non-hydrogen) atoms. The van der Waals surface area contributed by atoms with Crippen LogP contribution in [0.1, 0.15) is 89.3 Å². The van der Waals surface area contributed by atoms with Crippen LogP contribution in [0.4, 0.5) is 0 Å². The molecule has 160 valence electrons. The van der Waals surface area contributed by atoms with E-state index in [9.17, 15) is 9.90 Å². The van der Waals surface area contributed by atoms with Gasteiger partial charge in [-0.25, -0.2) is 0 Å². The number of fused-ring (bicyclic) bond motifs is 3. The van der Waals surface area contributed by atoms with Crippen molar-refractivity contribution in [3.63, 3.8) is 0 Å². The van der Waals surface area contributed by atoms with Crippen LogP contribution in [0.15, 0.2) is 11.2 Å². The van der Waals surface area contributed by atoms with E-state index in [2.05, 4.69) is 25.9 Å². The van der Waals surface area contributed by atoms with Crippen molar-refractivity contribution in [2.24, 2.45) is 16.5 Å². The average Bonchev–Trinajstić information content (AvgIpc) is 2.62. The maximum atomic E-state index is 12.3. The fraction of sp³-hybridized carbons (Fsp3) is 0.652. The lowest BCUT2D eigenvalue weighted by Gasteiger charge is -2.53. The summed E-state index contributed by atoms with van der Waals surface area (Å²) in [5, 5.41) is 15.8. The third kappa shape index (κ3) is 3.57. The lowest BCUT2D eigenvalue weighted by Crippen LogP contribution is -2.53. The molecule has 3 atom stereocenters. The number of carbonyl (C=O) groups is 1. The smallest absolute Gasteiger partial charge is 0.309 e. The van der Waals surface area contributed by atoms with Crippen LogP contribution in [0.2, 0.25) is 10.0 Å². The van der Waals surface area contributed by atoms with Crippen LogP contribution in [0, 0.1) is 11.3 Å². The molecule has 1 saturated carbocycles. The van der Waals surface area contributed by atoms with Gasteiger partial charge in [-0.1, -0.05) is 62.5 Å². The highest BCUT2D eigenvalue weighted by molar-refractivity contribution is 6.39. The monoisotopic (exact) mass is 439 g/mol. The van der Waals surface area contributed by atoms with E-state index in [4.69, 9.17) is 28.0 Å². The summed E-state index contributed by atoms with van der Waals surface area (Å²) in [5.74, 6) is -0.685. The number of hydrogen-bond acceptors (Lipinski definition) is 3. The van der Waals surface area contributed by atoms with Gasteiger partial charge in [0.1, 0.15) is 6.61 Å². The standard InChI is InChI=1S/C23H31Cl2NO3/c1-6-10-29-26-16-12-17-22(4,8-7-9-23(17,5)21(27)28)14-11-15(24)18(13(2)3)20(25)19(14)16/h11,13,17H,6-10,12H2,1-5H3,(H,27,28)/b26-16+/t17-,22-,23-/m1/s1. The molecule has 3 rings (SSSR count). The minimum atomic E-state index is -0.827. The highest BCUT2D eigenvalue weighted by Crippen LogP contribution is 2.59. The molecule has 4 nitrogen and oxygen atoms in total. The molecule has 2 aliphatic rings. The quantitative estimate of drug-likeness (QED) is 0.405. The Hall–Kier alpha value is -1.26. The van der Waals surface area contributed by atoms with Gasteiger partial charge in [0.2, 0.25) is 0 Å². The highest BCUT2D eigenvalue weighted by atomic mass is 35.5. The zero-order chi connectivity index (χ0) is 21.6. The third-order valence-electron chi connectivity index (χ3n) is 7.02. The van der Waals surface area contributed by atoms with Crippen molar-refractivity contribution in [3.05, 3.63) is 32.8 Å². The van der Waals surface area contributed by atoms with Gasteiger partial charge < -0.3 is 9.94 Å². The van der Waals surface area contributed by atoms with Gasteiger partial charge >= 0.3 is 5.97 Å². The van der Waals surface area contributed by atoms with Crippen molar-refractivity contribution in [2.75, 3.05) is 6.61 Å². The van der Waals surface area contributed by atoms with Gasteiger partial charge in [-0.2, -0.15) is 0 Å². The van der Waals surface area contributed by atoms with Crippen LogP contribution in [0.5, 0.6) is 0 Å². The molecule has 1 fully saturated rings. The number of benzene rings is 1. The van der Waals surface area contributed by atoms with E-state index in [1.807, 2.05) is 19.9 Å². The van der Waals surface area contributed by atoms with Gasteiger partial charge in [-0.05, 0) is 67.1 Å². The van der Waals surface area contributed by atoms with Crippen molar-refractivity contribution in [1.82, 2.24) is 0 Å².